The van der Waals surface area contributed by atoms with E-state index < -0.39 is 0 Å². The van der Waals surface area contributed by atoms with E-state index in [4.69, 9.17) is 4.74 Å². The maximum Gasteiger partial charge on any atom is 0.309 e. The van der Waals surface area contributed by atoms with Crippen LogP contribution in [0, 0.1) is 5.92 Å². The van der Waals surface area contributed by atoms with Crippen LogP contribution >= 0.6 is 0 Å². The van der Waals surface area contributed by atoms with Gasteiger partial charge in [-0.05, 0) is 48.6 Å². The number of rotatable bonds is 5. The highest BCUT2D eigenvalue weighted by atomic mass is 16.5. The summed E-state index contributed by atoms with van der Waals surface area (Å²) < 4.78 is 4.70. The van der Waals surface area contributed by atoms with E-state index in [1.54, 1.807) is 0 Å². The molecule has 2 heteroatoms. The third-order valence-corrected chi connectivity index (χ3v) is 4.57. The van der Waals surface area contributed by atoms with Gasteiger partial charge < -0.3 is 4.74 Å². The zero-order valence-electron chi connectivity index (χ0n) is 12.7. The molecule has 0 N–H and O–H groups in total. The normalized spacial score (nSPS) is 22.5. The Morgan fingerprint density at radius 1 is 1.15 bits per heavy atom. The summed E-state index contributed by atoms with van der Waals surface area (Å²) in [6.45, 7) is 2.28. The molecule has 0 saturated heterocycles. The first kappa shape index (κ1) is 15.1. The fourth-order valence-corrected chi connectivity index (χ4v) is 3.34. The highest BCUT2D eigenvalue weighted by molar-refractivity contribution is 5.72. The summed E-state index contributed by atoms with van der Waals surface area (Å²) in [5.74, 6) is 1.50. The van der Waals surface area contributed by atoms with Crippen LogP contribution in [0.2, 0.25) is 0 Å². The molecule has 0 atom stereocenters. The minimum atomic E-state index is -0.169. The first-order valence-corrected chi connectivity index (χ1v) is 7.88. The van der Waals surface area contributed by atoms with E-state index in [1.807, 2.05) is 0 Å². The van der Waals surface area contributed by atoms with Gasteiger partial charge in [-0.1, -0.05) is 44.0 Å². The molecule has 20 heavy (non-hydrogen) atoms. The molecule has 0 bridgehead atoms. The topological polar surface area (TPSA) is 26.3 Å². The summed E-state index contributed by atoms with van der Waals surface area (Å²) in [6.07, 6.45) is 8.48. The van der Waals surface area contributed by atoms with Gasteiger partial charge in [0.25, 0.3) is 0 Å². The molecule has 110 valence electrons. The second-order valence-corrected chi connectivity index (χ2v) is 6.00. The third-order valence-electron chi connectivity index (χ3n) is 4.57. The number of hydrogen-bond donors (Lipinski definition) is 0. The first-order valence-electron chi connectivity index (χ1n) is 7.88. The van der Waals surface area contributed by atoms with Gasteiger partial charge in [-0.15, -0.1) is 0 Å². The minimum absolute atomic E-state index is 0.169. The van der Waals surface area contributed by atoms with Crippen molar-refractivity contribution in [2.75, 3.05) is 7.11 Å². The molecular weight excluding hydrogens is 248 g/mol. The second-order valence-electron chi connectivity index (χ2n) is 6.00. The standard InChI is InChI=1S/C18H26O2/c1-3-4-14-5-9-16(10-6-14)17-11-7-15(8-12-17)13-18(19)20-2/h7-8,11-12,14,16H,3-6,9-10,13H2,1-2H3/t14-,16-. The average Bonchev–Trinajstić information content (AvgIpc) is 2.49. The monoisotopic (exact) mass is 274 g/mol. The van der Waals surface area contributed by atoms with E-state index in [2.05, 4.69) is 31.2 Å². The van der Waals surface area contributed by atoms with E-state index in [0.29, 0.717) is 6.42 Å². The number of esters is 1. The Morgan fingerprint density at radius 2 is 1.80 bits per heavy atom. The summed E-state index contributed by atoms with van der Waals surface area (Å²) >= 11 is 0. The van der Waals surface area contributed by atoms with E-state index in [9.17, 15) is 4.79 Å². The Labute approximate surface area is 122 Å². The van der Waals surface area contributed by atoms with Gasteiger partial charge in [0, 0.05) is 0 Å². The quantitative estimate of drug-likeness (QED) is 0.740. The van der Waals surface area contributed by atoms with Gasteiger partial charge in [-0.2, -0.15) is 0 Å². The van der Waals surface area contributed by atoms with Crippen molar-refractivity contribution in [3.05, 3.63) is 35.4 Å². The van der Waals surface area contributed by atoms with Crippen molar-refractivity contribution in [2.45, 2.75) is 57.8 Å². The van der Waals surface area contributed by atoms with Crippen LogP contribution in [-0.4, -0.2) is 13.1 Å². The lowest BCUT2D eigenvalue weighted by molar-refractivity contribution is -0.139. The highest BCUT2D eigenvalue weighted by Gasteiger charge is 2.21. The Bertz CT molecular complexity index is 414. The maximum atomic E-state index is 11.2. The third kappa shape index (κ3) is 4.09. The van der Waals surface area contributed by atoms with Crippen LogP contribution < -0.4 is 0 Å². The minimum Gasteiger partial charge on any atom is -0.469 e. The van der Waals surface area contributed by atoms with E-state index in [0.717, 1.165) is 17.4 Å². The summed E-state index contributed by atoms with van der Waals surface area (Å²) in [5.41, 5.74) is 2.48. The van der Waals surface area contributed by atoms with Gasteiger partial charge in [0.1, 0.15) is 0 Å². The van der Waals surface area contributed by atoms with Gasteiger partial charge in [0.05, 0.1) is 13.5 Å². The van der Waals surface area contributed by atoms with Crippen LogP contribution in [0.1, 0.15) is 62.5 Å². The first-order chi connectivity index (χ1) is 9.72. The molecule has 0 aromatic heterocycles. The fraction of sp³-hybridized carbons (Fsp3) is 0.611. The van der Waals surface area contributed by atoms with E-state index >= 15 is 0 Å². The molecule has 1 fully saturated rings. The van der Waals surface area contributed by atoms with Crippen LogP contribution in [0.4, 0.5) is 0 Å². The highest BCUT2D eigenvalue weighted by Crippen LogP contribution is 2.37. The molecule has 0 amide bonds. The Morgan fingerprint density at radius 3 is 2.35 bits per heavy atom. The van der Waals surface area contributed by atoms with Crippen molar-refractivity contribution in [2.24, 2.45) is 5.92 Å². The molecule has 0 unspecified atom stereocenters. The Balaban J connectivity index is 1.89. The number of hydrogen-bond acceptors (Lipinski definition) is 2. The zero-order valence-corrected chi connectivity index (χ0v) is 12.7. The molecule has 2 rings (SSSR count). The molecule has 1 saturated carbocycles. The van der Waals surface area contributed by atoms with Gasteiger partial charge in [0.15, 0.2) is 0 Å². The molecule has 0 radical (unpaired) electrons. The smallest absolute Gasteiger partial charge is 0.309 e. The van der Waals surface area contributed by atoms with Crippen molar-refractivity contribution in [1.82, 2.24) is 0 Å². The van der Waals surface area contributed by atoms with Crippen LogP contribution in [-0.2, 0) is 16.0 Å². The molecule has 0 heterocycles. The van der Waals surface area contributed by atoms with E-state index in [1.165, 1.54) is 51.2 Å². The van der Waals surface area contributed by atoms with Crippen LogP contribution in [0.15, 0.2) is 24.3 Å². The number of carbonyl (C=O) groups is 1. The maximum absolute atomic E-state index is 11.2. The van der Waals surface area contributed by atoms with Gasteiger partial charge >= 0.3 is 5.97 Å². The average molecular weight is 274 g/mol. The molecule has 2 nitrogen and oxygen atoms in total. The number of benzene rings is 1. The van der Waals surface area contributed by atoms with Crippen molar-refractivity contribution in [1.29, 1.82) is 0 Å². The second kappa shape index (κ2) is 7.47. The van der Waals surface area contributed by atoms with Crippen molar-refractivity contribution in [3.8, 4) is 0 Å². The summed E-state index contributed by atoms with van der Waals surface area (Å²) in [4.78, 5) is 11.2. The lowest BCUT2D eigenvalue weighted by atomic mass is 9.77. The van der Waals surface area contributed by atoms with E-state index in [-0.39, 0.29) is 5.97 Å². The zero-order chi connectivity index (χ0) is 14.4. The molecule has 1 aromatic rings. The summed E-state index contributed by atoms with van der Waals surface area (Å²) in [5, 5.41) is 0. The predicted molar refractivity (Wildman–Crippen MR) is 81.8 cm³/mol. The van der Waals surface area contributed by atoms with Crippen LogP contribution in [0.25, 0.3) is 0 Å². The predicted octanol–water partition coefficient (Wildman–Crippen LogP) is 4.48. The molecule has 0 spiro atoms. The largest absolute Gasteiger partial charge is 0.469 e. The molecule has 0 aliphatic heterocycles. The van der Waals surface area contributed by atoms with Crippen LogP contribution in [0.3, 0.4) is 0 Å². The van der Waals surface area contributed by atoms with Crippen molar-refractivity contribution < 1.29 is 9.53 Å². The van der Waals surface area contributed by atoms with Gasteiger partial charge in [-0.25, -0.2) is 0 Å². The number of carbonyl (C=O) groups excluding carboxylic acids is 1. The SMILES string of the molecule is CCC[C@H]1CC[C@H](c2ccc(CC(=O)OC)cc2)CC1. The Hall–Kier alpha value is -1.31. The number of ether oxygens (including phenoxy) is 1. The van der Waals surface area contributed by atoms with Gasteiger partial charge in [0.2, 0.25) is 0 Å². The lowest BCUT2D eigenvalue weighted by Crippen LogP contribution is -2.13. The molecule has 1 aliphatic carbocycles. The van der Waals surface area contributed by atoms with Crippen molar-refractivity contribution >= 4 is 5.97 Å². The molecule has 1 aromatic carbocycles. The molecular formula is C18H26O2. The van der Waals surface area contributed by atoms with Crippen molar-refractivity contribution in [3.63, 3.8) is 0 Å². The lowest BCUT2D eigenvalue weighted by Gasteiger charge is -2.28. The van der Waals surface area contributed by atoms with Crippen LogP contribution in [0.5, 0.6) is 0 Å². The fourth-order valence-electron chi connectivity index (χ4n) is 3.34. The Kier molecular flexibility index (Phi) is 5.63. The summed E-state index contributed by atoms with van der Waals surface area (Å²) in [6, 6.07) is 8.54. The van der Waals surface area contributed by atoms with Gasteiger partial charge in [-0.3, -0.25) is 4.79 Å². The number of methoxy groups -OCH3 is 1. The molecule has 1 aliphatic rings. The summed E-state index contributed by atoms with van der Waals surface area (Å²) in [7, 11) is 1.44.